The van der Waals surface area contributed by atoms with E-state index in [1.807, 2.05) is 45.0 Å². The van der Waals surface area contributed by atoms with Gasteiger partial charge in [-0.25, -0.2) is 19.2 Å². The third-order valence-corrected chi connectivity index (χ3v) is 9.87. The Labute approximate surface area is 295 Å². The van der Waals surface area contributed by atoms with Crippen LogP contribution in [0.15, 0.2) is 54.4 Å². The summed E-state index contributed by atoms with van der Waals surface area (Å²) in [5, 5.41) is 11.1. The van der Waals surface area contributed by atoms with Crippen LogP contribution in [0.1, 0.15) is 51.0 Å². The summed E-state index contributed by atoms with van der Waals surface area (Å²) in [6.07, 6.45) is 4.95. The third-order valence-electron chi connectivity index (χ3n) is 8.49. The number of nitrogens with one attached hydrogen (secondary N) is 1. The molecule has 1 saturated heterocycles. The van der Waals surface area contributed by atoms with Crippen molar-refractivity contribution in [1.29, 1.82) is 0 Å². The van der Waals surface area contributed by atoms with E-state index < -0.39 is 23.7 Å². The minimum atomic E-state index is -1.06. The number of imidazole rings is 1. The van der Waals surface area contributed by atoms with Crippen LogP contribution in [0.2, 0.25) is 10.0 Å². The number of fused-ring (bicyclic) bond motifs is 2. The topological polar surface area (TPSA) is 116 Å². The van der Waals surface area contributed by atoms with Crippen molar-refractivity contribution in [2.45, 2.75) is 70.5 Å². The summed E-state index contributed by atoms with van der Waals surface area (Å²) < 4.78 is 29.3. The summed E-state index contributed by atoms with van der Waals surface area (Å²) in [5.41, 5.74) is 2.38. The first-order valence-corrected chi connectivity index (χ1v) is 17.6. The Morgan fingerprint density at radius 2 is 1.88 bits per heavy atom. The summed E-state index contributed by atoms with van der Waals surface area (Å²) in [6, 6.07) is 8.29. The van der Waals surface area contributed by atoms with Gasteiger partial charge in [0.25, 0.3) is 5.91 Å². The first-order chi connectivity index (χ1) is 23.4. The van der Waals surface area contributed by atoms with Gasteiger partial charge < -0.3 is 18.9 Å². The van der Waals surface area contributed by atoms with Crippen LogP contribution in [0, 0.1) is 0 Å². The van der Waals surface area contributed by atoms with Gasteiger partial charge in [0, 0.05) is 66.8 Å². The molecule has 49 heavy (non-hydrogen) atoms. The van der Waals surface area contributed by atoms with E-state index in [0.29, 0.717) is 74.7 Å². The number of rotatable bonds is 7. The number of anilines is 1. The minimum absolute atomic E-state index is 0.0315. The summed E-state index contributed by atoms with van der Waals surface area (Å²) in [7, 11) is 0. The van der Waals surface area contributed by atoms with Crippen LogP contribution < -0.4 is 10.1 Å². The van der Waals surface area contributed by atoms with E-state index in [2.05, 4.69) is 15.3 Å². The lowest BCUT2D eigenvalue weighted by Crippen LogP contribution is -2.44. The number of ether oxygens (including phenoxy) is 2. The first kappa shape index (κ1) is 33.3. The molecule has 2 amide bonds. The molecule has 2 aliphatic heterocycles. The van der Waals surface area contributed by atoms with Crippen molar-refractivity contribution in [1.82, 2.24) is 29.2 Å². The van der Waals surface area contributed by atoms with Crippen molar-refractivity contribution >= 4 is 62.6 Å². The van der Waals surface area contributed by atoms with Crippen LogP contribution in [0.25, 0.3) is 22.0 Å². The van der Waals surface area contributed by atoms with Gasteiger partial charge in [0.2, 0.25) is 0 Å². The Balaban J connectivity index is 1.12. The number of alkyl halides is 1. The molecule has 15 heteroatoms. The third kappa shape index (κ3) is 6.97. The molecular formula is C34H34Cl2FN7O4S. The lowest BCUT2D eigenvalue weighted by atomic mass is 10.0. The second-order valence-electron chi connectivity index (χ2n) is 13.2. The molecular weight excluding hydrogens is 692 g/mol. The van der Waals surface area contributed by atoms with Gasteiger partial charge in [-0.2, -0.15) is 5.10 Å². The number of piperidine rings is 1. The van der Waals surface area contributed by atoms with Gasteiger partial charge in [0.05, 0.1) is 28.6 Å². The van der Waals surface area contributed by atoms with Gasteiger partial charge in [-0.15, -0.1) is 11.3 Å². The molecule has 5 aromatic rings. The normalized spacial score (nSPS) is 17.3. The number of likely N-dealkylation sites (tertiary alicyclic amines) is 1. The predicted molar refractivity (Wildman–Crippen MR) is 186 cm³/mol. The SMILES string of the molecule is CC(C)(C)OC(=O)N1CCC(Oc2ccc(-c3cc(Cl)c4cn([C@@H](C(=O)Nc5nccs5)c5ncn6c5C[C@@H](F)C6)nc4c3Cl)cc2)CC1. The zero-order valence-corrected chi connectivity index (χ0v) is 29.4. The molecule has 1 N–H and O–H groups in total. The molecule has 2 aromatic carbocycles. The Bertz CT molecular complexity index is 2000. The first-order valence-electron chi connectivity index (χ1n) is 15.9. The highest BCUT2D eigenvalue weighted by atomic mass is 35.5. The number of amides is 2. The summed E-state index contributed by atoms with van der Waals surface area (Å²) in [5.74, 6) is 0.273. The molecule has 2 aliphatic rings. The molecule has 0 saturated carbocycles. The molecule has 1 fully saturated rings. The zero-order chi connectivity index (χ0) is 34.4. The molecule has 256 valence electrons. The van der Waals surface area contributed by atoms with Crippen LogP contribution in [0.5, 0.6) is 5.75 Å². The average Bonchev–Trinajstić information content (AvgIpc) is 3.86. The number of nitrogens with zero attached hydrogens (tertiary/aromatic N) is 6. The number of thiazole rings is 1. The maximum atomic E-state index is 14.4. The van der Waals surface area contributed by atoms with Gasteiger partial charge in [-0.05, 0) is 44.5 Å². The standard InChI is InChI=1S/C34H34Cl2FN7O4S/c1-34(2,3)48-33(46)42-11-8-22(9-12-42)47-21-6-4-19(5-7-21)23-15-25(35)24-17-44(41-28(24)27(23)36)30(31(45)40-32-38-10-13-49-32)29-26-14-20(37)16-43(26)18-39-29/h4-7,10,13,15,17-18,20,22,30H,8-9,11-12,14,16H2,1-3H3,(H,38,40,45)/t20-,30-/m1/s1. The quantitative estimate of drug-likeness (QED) is 0.184. The fourth-order valence-corrected chi connectivity index (χ4v) is 7.28. The van der Waals surface area contributed by atoms with Crippen molar-refractivity contribution in [2.75, 3.05) is 18.4 Å². The van der Waals surface area contributed by atoms with Gasteiger partial charge >= 0.3 is 6.09 Å². The Morgan fingerprint density at radius 1 is 1.12 bits per heavy atom. The monoisotopic (exact) mass is 725 g/mol. The number of carbonyl (C=O) groups excluding carboxylic acids is 2. The van der Waals surface area contributed by atoms with Crippen LogP contribution in [-0.2, 0) is 22.5 Å². The highest BCUT2D eigenvalue weighted by molar-refractivity contribution is 7.13. The van der Waals surface area contributed by atoms with Crippen molar-refractivity contribution in [3.8, 4) is 16.9 Å². The molecule has 2 atom stereocenters. The number of carbonyl (C=O) groups is 2. The number of hydrogen-bond donors (Lipinski definition) is 1. The van der Waals surface area contributed by atoms with Gasteiger partial charge in [-0.1, -0.05) is 35.3 Å². The van der Waals surface area contributed by atoms with E-state index in [9.17, 15) is 14.0 Å². The van der Waals surface area contributed by atoms with Crippen LogP contribution >= 0.6 is 34.5 Å². The molecule has 3 aromatic heterocycles. The van der Waals surface area contributed by atoms with E-state index in [0.717, 1.165) is 5.56 Å². The van der Waals surface area contributed by atoms with E-state index in [1.54, 1.807) is 39.6 Å². The highest BCUT2D eigenvalue weighted by Crippen LogP contribution is 2.40. The van der Waals surface area contributed by atoms with E-state index in [-0.39, 0.29) is 25.2 Å². The highest BCUT2D eigenvalue weighted by Gasteiger charge is 2.35. The molecule has 0 bridgehead atoms. The predicted octanol–water partition coefficient (Wildman–Crippen LogP) is 7.56. The van der Waals surface area contributed by atoms with Crippen molar-refractivity contribution in [3.05, 3.63) is 75.9 Å². The Hall–Kier alpha value is -4.20. The van der Waals surface area contributed by atoms with Gasteiger partial charge in [0.1, 0.15) is 29.1 Å². The number of halogens is 3. The average molecular weight is 727 g/mol. The van der Waals surface area contributed by atoms with Crippen molar-refractivity contribution in [3.63, 3.8) is 0 Å². The fourth-order valence-electron chi connectivity index (χ4n) is 6.20. The van der Waals surface area contributed by atoms with Crippen LogP contribution in [0.3, 0.4) is 0 Å². The lowest BCUT2D eigenvalue weighted by molar-refractivity contribution is -0.118. The molecule has 11 nitrogen and oxygen atoms in total. The second kappa shape index (κ2) is 13.3. The molecule has 0 spiro atoms. The molecule has 5 heterocycles. The molecule has 0 unspecified atom stereocenters. The Morgan fingerprint density at radius 3 is 2.57 bits per heavy atom. The lowest BCUT2D eigenvalue weighted by Gasteiger charge is -2.33. The number of aromatic nitrogens is 5. The summed E-state index contributed by atoms with van der Waals surface area (Å²) in [6.45, 7) is 6.87. The maximum Gasteiger partial charge on any atom is 0.410 e. The van der Waals surface area contributed by atoms with E-state index in [4.69, 9.17) is 37.8 Å². The van der Waals surface area contributed by atoms with Crippen molar-refractivity contribution < 1.29 is 23.5 Å². The molecule has 0 aliphatic carbocycles. The van der Waals surface area contributed by atoms with Gasteiger partial charge in [0.15, 0.2) is 11.2 Å². The van der Waals surface area contributed by atoms with Crippen LogP contribution in [-0.4, -0.2) is 72.2 Å². The van der Waals surface area contributed by atoms with Gasteiger partial charge in [-0.3, -0.25) is 14.8 Å². The zero-order valence-electron chi connectivity index (χ0n) is 27.0. The number of hydrogen-bond acceptors (Lipinski definition) is 8. The summed E-state index contributed by atoms with van der Waals surface area (Å²) >= 11 is 15.1. The fraction of sp³-hybridized carbons (Fsp3) is 0.382. The second-order valence-corrected chi connectivity index (χ2v) is 14.8. The van der Waals surface area contributed by atoms with Crippen molar-refractivity contribution in [2.24, 2.45) is 0 Å². The van der Waals surface area contributed by atoms with E-state index in [1.165, 1.54) is 16.0 Å². The maximum absolute atomic E-state index is 14.4. The smallest absolute Gasteiger partial charge is 0.410 e. The van der Waals surface area contributed by atoms with Crippen LogP contribution in [0.4, 0.5) is 14.3 Å². The van der Waals surface area contributed by atoms with E-state index >= 15 is 0 Å². The number of benzene rings is 2. The molecule has 0 radical (unpaired) electrons. The molecule has 7 rings (SSSR count). The minimum Gasteiger partial charge on any atom is -0.490 e. The largest absolute Gasteiger partial charge is 0.490 e. The summed E-state index contributed by atoms with van der Waals surface area (Å²) in [4.78, 5) is 36.6. The Kier molecular flexibility index (Phi) is 9.01.